The van der Waals surface area contributed by atoms with E-state index in [0.717, 1.165) is 6.42 Å². The lowest BCUT2D eigenvalue weighted by molar-refractivity contribution is -0.147. The molecule has 1 aliphatic heterocycles. The number of aliphatic carboxylic acids is 1. The highest BCUT2D eigenvalue weighted by molar-refractivity contribution is 6.34. The molecular formula is C26H33ClN4O7. The van der Waals surface area contributed by atoms with E-state index in [1.54, 1.807) is 20.8 Å². The maximum Gasteiger partial charge on any atom is 0.305 e. The highest BCUT2D eigenvalue weighted by Crippen LogP contribution is 2.43. The normalized spacial score (nSPS) is 21.8. The molecule has 1 saturated heterocycles. The van der Waals surface area contributed by atoms with Crippen LogP contribution in [0.25, 0.3) is 0 Å². The van der Waals surface area contributed by atoms with Crippen molar-refractivity contribution >= 4 is 53.2 Å². The molecule has 11 nitrogen and oxygen atoms in total. The molecule has 3 rings (SSSR count). The fraction of sp³-hybridized carbons (Fsp3) is 0.538. The summed E-state index contributed by atoms with van der Waals surface area (Å²) in [5.74, 6) is -3.27. The highest BCUT2D eigenvalue weighted by atomic mass is 35.5. The van der Waals surface area contributed by atoms with Crippen LogP contribution >= 0.6 is 11.6 Å². The fourth-order valence-corrected chi connectivity index (χ4v) is 5.49. The van der Waals surface area contributed by atoms with Crippen LogP contribution in [0, 0.1) is 11.3 Å². The van der Waals surface area contributed by atoms with E-state index in [4.69, 9.17) is 16.7 Å². The van der Waals surface area contributed by atoms with Crippen molar-refractivity contribution in [1.82, 2.24) is 15.5 Å². The van der Waals surface area contributed by atoms with Crippen LogP contribution in [0.2, 0.25) is 5.02 Å². The lowest BCUT2D eigenvalue weighted by atomic mass is 9.84. The van der Waals surface area contributed by atoms with Gasteiger partial charge in [-0.25, -0.2) is 0 Å². The van der Waals surface area contributed by atoms with Gasteiger partial charge in [0.15, 0.2) is 0 Å². The molecule has 2 fully saturated rings. The second-order valence-corrected chi connectivity index (χ2v) is 11.3. The lowest BCUT2D eigenvalue weighted by Gasteiger charge is -2.40. The van der Waals surface area contributed by atoms with Crippen molar-refractivity contribution in [3.8, 4) is 0 Å². The van der Waals surface area contributed by atoms with Crippen molar-refractivity contribution in [3.63, 3.8) is 0 Å². The zero-order valence-corrected chi connectivity index (χ0v) is 22.5. The van der Waals surface area contributed by atoms with E-state index in [2.05, 4.69) is 16.0 Å². The molecule has 1 saturated carbocycles. The van der Waals surface area contributed by atoms with Crippen molar-refractivity contribution in [3.05, 3.63) is 28.8 Å². The standard InChI is InChI=1S/C26H33ClN4O7/c1-13(33)28-15-6-8-18(19(27)10-15)23(36)30-22(26(2,3)4)25(38)31-17-7-5-14(9-17)21(31)24(37)29-16(12-32)11-20(34)35/h6,8,10,12,14,16-17,21-22H,5,7,9,11H2,1-4H3,(H,28,33)(H,29,37)(H,30,36)(H,34,35)/t14-,16?,17+,21-,22+/m0/s1. The van der Waals surface area contributed by atoms with E-state index >= 15 is 0 Å². The van der Waals surface area contributed by atoms with E-state index in [1.165, 1.54) is 30.0 Å². The van der Waals surface area contributed by atoms with Crippen molar-refractivity contribution < 1.29 is 33.9 Å². The molecule has 5 atom stereocenters. The van der Waals surface area contributed by atoms with Gasteiger partial charge in [0.25, 0.3) is 5.91 Å². The monoisotopic (exact) mass is 548 g/mol. The summed E-state index contributed by atoms with van der Waals surface area (Å²) in [5.41, 5.74) is -0.212. The van der Waals surface area contributed by atoms with E-state index < -0.39 is 53.7 Å². The summed E-state index contributed by atoms with van der Waals surface area (Å²) in [5, 5.41) is 16.9. The highest BCUT2D eigenvalue weighted by Gasteiger charge is 2.53. The van der Waals surface area contributed by atoms with Crippen molar-refractivity contribution in [2.24, 2.45) is 11.3 Å². The number of carboxylic acids is 1. The number of hydrogen-bond donors (Lipinski definition) is 4. The first kappa shape index (κ1) is 29.1. The Morgan fingerprint density at radius 3 is 2.39 bits per heavy atom. The van der Waals surface area contributed by atoms with Crippen LogP contribution in [0.1, 0.15) is 63.7 Å². The molecule has 0 radical (unpaired) electrons. The number of carbonyl (C=O) groups excluding carboxylic acids is 5. The average Bonchev–Trinajstić information content (AvgIpc) is 3.42. The Hall–Kier alpha value is -3.47. The van der Waals surface area contributed by atoms with Crippen LogP contribution in [0.3, 0.4) is 0 Å². The van der Waals surface area contributed by atoms with Gasteiger partial charge >= 0.3 is 5.97 Å². The summed E-state index contributed by atoms with van der Waals surface area (Å²) in [6, 6.07) is 1.10. The summed E-state index contributed by atoms with van der Waals surface area (Å²) in [6.07, 6.45) is 1.83. The molecule has 1 heterocycles. The van der Waals surface area contributed by atoms with Crippen LogP contribution in [-0.4, -0.2) is 70.1 Å². The van der Waals surface area contributed by atoms with Gasteiger partial charge < -0.3 is 30.8 Å². The number of aldehydes is 1. The Labute approximate surface area is 225 Å². The Morgan fingerprint density at radius 1 is 1.16 bits per heavy atom. The SMILES string of the molecule is CC(=O)Nc1ccc(C(=O)N[C@H](C(=O)N2[C@@H]3CC[C@@H](C3)[C@H]2C(=O)NC(C=O)CC(=O)O)C(C)(C)C)c(Cl)c1. The minimum atomic E-state index is -1.23. The number of anilines is 1. The second kappa shape index (κ2) is 11.5. The van der Waals surface area contributed by atoms with Crippen LogP contribution in [0.15, 0.2) is 18.2 Å². The number of nitrogens with one attached hydrogen (secondary N) is 3. The molecule has 2 bridgehead atoms. The number of rotatable bonds is 9. The first-order valence-electron chi connectivity index (χ1n) is 12.4. The largest absolute Gasteiger partial charge is 0.481 e. The Bertz CT molecular complexity index is 1150. The first-order chi connectivity index (χ1) is 17.7. The number of amides is 4. The van der Waals surface area contributed by atoms with Gasteiger partial charge in [0.1, 0.15) is 18.4 Å². The minimum absolute atomic E-state index is 0.0877. The molecule has 2 aliphatic rings. The molecule has 1 aliphatic carbocycles. The summed E-state index contributed by atoms with van der Waals surface area (Å²) >= 11 is 6.30. The summed E-state index contributed by atoms with van der Waals surface area (Å²) in [7, 11) is 0. The third-order valence-electron chi connectivity index (χ3n) is 6.92. The third kappa shape index (κ3) is 6.50. The van der Waals surface area contributed by atoms with Crippen LogP contribution in [-0.2, 0) is 24.0 Å². The predicted molar refractivity (Wildman–Crippen MR) is 138 cm³/mol. The zero-order valence-electron chi connectivity index (χ0n) is 21.7. The number of halogens is 1. The number of benzene rings is 1. The Morgan fingerprint density at radius 2 is 1.84 bits per heavy atom. The molecule has 1 aromatic carbocycles. The maximum atomic E-state index is 13.9. The molecule has 4 N–H and O–H groups in total. The summed E-state index contributed by atoms with van der Waals surface area (Å²) < 4.78 is 0. The molecule has 1 unspecified atom stereocenters. The van der Waals surface area contributed by atoms with E-state index in [9.17, 15) is 28.8 Å². The van der Waals surface area contributed by atoms with Crippen molar-refractivity contribution in [2.45, 2.75) is 77.5 Å². The van der Waals surface area contributed by atoms with Crippen LogP contribution in [0.4, 0.5) is 5.69 Å². The van der Waals surface area contributed by atoms with E-state index in [0.29, 0.717) is 24.8 Å². The second-order valence-electron chi connectivity index (χ2n) is 10.9. The number of hydrogen-bond acceptors (Lipinski definition) is 6. The average molecular weight is 549 g/mol. The fourth-order valence-electron chi connectivity index (χ4n) is 5.22. The van der Waals surface area contributed by atoms with Gasteiger partial charge in [-0.05, 0) is 48.8 Å². The summed E-state index contributed by atoms with van der Waals surface area (Å²) in [6.45, 7) is 6.71. The molecule has 0 aromatic heterocycles. The number of piperidine rings is 1. The summed E-state index contributed by atoms with van der Waals surface area (Å²) in [4.78, 5) is 75.5. The number of nitrogens with zero attached hydrogens (tertiary/aromatic N) is 1. The van der Waals surface area contributed by atoms with Gasteiger partial charge in [0, 0.05) is 18.7 Å². The Kier molecular flexibility index (Phi) is 8.81. The van der Waals surface area contributed by atoms with Gasteiger partial charge in [0.05, 0.1) is 23.0 Å². The zero-order chi connectivity index (χ0) is 28.4. The molecule has 1 aromatic rings. The van der Waals surface area contributed by atoms with Gasteiger partial charge in [0.2, 0.25) is 17.7 Å². The molecular weight excluding hydrogens is 516 g/mol. The number of carbonyl (C=O) groups is 6. The minimum Gasteiger partial charge on any atom is -0.481 e. The molecule has 0 spiro atoms. The van der Waals surface area contributed by atoms with Crippen LogP contribution in [0.5, 0.6) is 0 Å². The number of fused-ring (bicyclic) bond motifs is 2. The smallest absolute Gasteiger partial charge is 0.305 e. The molecule has 206 valence electrons. The molecule has 38 heavy (non-hydrogen) atoms. The quantitative estimate of drug-likeness (QED) is 0.343. The van der Waals surface area contributed by atoms with E-state index in [1.807, 2.05) is 0 Å². The van der Waals surface area contributed by atoms with Gasteiger partial charge in [-0.15, -0.1) is 0 Å². The number of carboxylic acid groups (broad SMARTS) is 1. The Balaban J connectivity index is 1.84. The molecule has 12 heteroatoms. The molecule has 4 amide bonds. The third-order valence-corrected chi connectivity index (χ3v) is 7.23. The van der Waals surface area contributed by atoms with Crippen molar-refractivity contribution in [1.29, 1.82) is 0 Å². The van der Waals surface area contributed by atoms with Gasteiger partial charge in [-0.1, -0.05) is 32.4 Å². The van der Waals surface area contributed by atoms with Crippen molar-refractivity contribution in [2.75, 3.05) is 5.32 Å². The van der Waals surface area contributed by atoms with Crippen LogP contribution < -0.4 is 16.0 Å². The van der Waals surface area contributed by atoms with Gasteiger partial charge in [-0.2, -0.15) is 0 Å². The first-order valence-corrected chi connectivity index (χ1v) is 12.8. The van der Waals surface area contributed by atoms with E-state index in [-0.39, 0.29) is 28.5 Å². The maximum absolute atomic E-state index is 13.9. The lowest BCUT2D eigenvalue weighted by Crippen LogP contribution is -2.61. The number of likely N-dealkylation sites (tertiary alicyclic amines) is 1. The topological polar surface area (TPSA) is 162 Å². The van der Waals surface area contributed by atoms with Gasteiger partial charge in [-0.3, -0.25) is 24.0 Å². The predicted octanol–water partition coefficient (Wildman–Crippen LogP) is 1.98.